The highest BCUT2D eigenvalue weighted by molar-refractivity contribution is 6.20. The van der Waals surface area contributed by atoms with E-state index in [9.17, 15) is 0 Å². The lowest BCUT2D eigenvalue weighted by Gasteiger charge is -2.41. The number of halogens is 1. The van der Waals surface area contributed by atoms with Gasteiger partial charge in [0, 0.05) is 0 Å². The van der Waals surface area contributed by atoms with E-state index < -0.39 is 0 Å². The Balaban J connectivity index is 2.35. The third kappa shape index (κ3) is 1.32. The minimum atomic E-state index is -0.117. The van der Waals surface area contributed by atoms with Gasteiger partial charge >= 0.3 is 0 Å². The second-order valence-electron chi connectivity index (χ2n) is 4.00. The maximum atomic E-state index is 6.03. The number of rotatable bonds is 3. The molecule has 4 nitrogen and oxygen atoms in total. The zero-order valence-electron chi connectivity index (χ0n) is 8.57. The maximum Gasteiger partial charge on any atom is 0.169 e. The Morgan fingerprint density at radius 3 is 2.71 bits per heavy atom. The molecule has 0 N–H and O–H groups in total. The normalized spacial score (nSPS) is 21.6. The molecule has 1 aliphatic carbocycles. The van der Waals surface area contributed by atoms with E-state index in [0.717, 1.165) is 12.2 Å². The zero-order valence-corrected chi connectivity index (χ0v) is 9.33. The molecule has 78 valence electrons. The Morgan fingerprint density at radius 2 is 2.29 bits per heavy atom. The fraction of sp³-hybridized carbons (Fsp3) is 0.889. The van der Waals surface area contributed by atoms with Crippen LogP contribution in [0.4, 0.5) is 0 Å². The lowest BCUT2D eigenvalue weighted by atomic mass is 9.75. The van der Waals surface area contributed by atoms with Crippen LogP contribution in [0.25, 0.3) is 0 Å². The monoisotopic (exact) mass is 214 g/mol. The van der Waals surface area contributed by atoms with E-state index >= 15 is 0 Å². The summed E-state index contributed by atoms with van der Waals surface area (Å²) in [5.74, 6) is 0.799. The second-order valence-corrected chi connectivity index (χ2v) is 4.65. The predicted molar refractivity (Wildman–Crippen MR) is 54.2 cm³/mol. The molecule has 14 heavy (non-hydrogen) atoms. The van der Waals surface area contributed by atoms with E-state index in [-0.39, 0.29) is 10.9 Å². The van der Waals surface area contributed by atoms with Crippen molar-refractivity contribution in [2.24, 2.45) is 0 Å². The number of aromatic nitrogens is 4. The molecular weight excluding hydrogens is 200 g/mol. The first-order chi connectivity index (χ1) is 6.69. The quantitative estimate of drug-likeness (QED) is 0.725. The highest BCUT2D eigenvalue weighted by Gasteiger charge is 2.40. The molecule has 0 bridgehead atoms. The molecule has 0 radical (unpaired) electrons. The summed E-state index contributed by atoms with van der Waals surface area (Å²) in [4.78, 5) is 0. The van der Waals surface area contributed by atoms with Crippen LogP contribution in [0, 0.1) is 0 Å². The molecule has 2 rings (SSSR count). The molecule has 5 heteroatoms. The van der Waals surface area contributed by atoms with E-state index in [0.29, 0.717) is 0 Å². The summed E-state index contributed by atoms with van der Waals surface area (Å²) in [6, 6.07) is 0. The Labute approximate surface area is 88.6 Å². The van der Waals surface area contributed by atoms with E-state index in [1.54, 1.807) is 0 Å². The molecule has 1 aliphatic rings. The van der Waals surface area contributed by atoms with Gasteiger partial charge in [-0.25, -0.2) is 4.68 Å². The van der Waals surface area contributed by atoms with E-state index in [2.05, 4.69) is 22.4 Å². The Morgan fingerprint density at radius 1 is 1.57 bits per heavy atom. The molecule has 1 atom stereocenters. The van der Waals surface area contributed by atoms with Gasteiger partial charge in [-0.2, -0.15) is 0 Å². The minimum absolute atomic E-state index is 0.117. The molecule has 1 aromatic rings. The van der Waals surface area contributed by atoms with Crippen LogP contribution in [0.15, 0.2) is 0 Å². The third-order valence-electron chi connectivity index (χ3n) is 3.24. The summed E-state index contributed by atoms with van der Waals surface area (Å²) < 4.78 is 1.94. The lowest BCUT2D eigenvalue weighted by molar-refractivity contribution is 0.111. The predicted octanol–water partition coefficient (Wildman–Crippen LogP) is 2.26. The van der Waals surface area contributed by atoms with Crippen molar-refractivity contribution in [3.8, 4) is 0 Å². The molecule has 1 saturated carbocycles. The fourth-order valence-electron chi connectivity index (χ4n) is 2.08. The summed E-state index contributed by atoms with van der Waals surface area (Å²) in [6.07, 6.45) is 4.69. The van der Waals surface area contributed by atoms with Gasteiger partial charge in [-0.3, -0.25) is 0 Å². The van der Waals surface area contributed by atoms with Crippen molar-refractivity contribution in [1.29, 1.82) is 0 Å². The molecule has 0 amide bonds. The molecule has 0 aliphatic heterocycles. The standard InChI is InChI=1S/C9H15ClN4/c1-3-9(5-4-6-9)14-8(7(2)10)11-12-13-14/h7H,3-6H2,1-2H3. The van der Waals surface area contributed by atoms with E-state index in [1.807, 2.05) is 11.6 Å². The minimum Gasteiger partial charge on any atom is -0.222 e. The average Bonchev–Trinajstić information content (AvgIpc) is 2.52. The highest BCUT2D eigenvalue weighted by atomic mass is 35.5. The van der Waals surface area contributed by atoms with E-state index in [4.69, 9.17) is 11.6 Å². The molecule has 0 aromatic carbocycles. The fourth-order valence-corrected chi connectivity index (χ4v) is 2.22. The van der Waals surface area contributed by atoms with Gasteiger partial charge in [0.05, 0.1) is 10.9 Å². The van der Waals surface area contributed by atoms with Crippen LogP contribution in [0.2, 0.25) is 0 Å². The molecule has 0 spiro atoms. The summed E-state index contributed by atoms with van der Waals surface area (Å²) in [7, 11) is 0. The van der Waals surface area contributed by atoms with Crippen LogP contribution < -0.4 is 0 Å². The largest absolute Gasteiger partial charge is 0.222 e. The van der Waals surface area contributed by atoms with Crippen molar-refractivity contribution in [1.82, 2.24) is 20.2 Å². The Hall–Kier alpha value is -0.640. The first kappa shape index (κ1) is 9.90. The smallest absolute Gasteiger partial charge is 0.169 e. The number of hydrogen-bond acceptors (Lipinski definition) is 3. The van der Waals surface area contributed by atoms with Crippen LogP contribution in [-0.4, -0.2) is 20.2 Å². The Kier molecular flexibility index (Phi) is 2.47. The number of nitrogens with zero attached hydrogens (tertiary/aromatic N) is 4. The van der Waals surface area contributed by atoms with Crippen molar-refractivity contribution in [3.63, 3.8) is 0 Å². The van der Waals surface area contributed by atoms with Gasteiger partial charge in [0.2, 0.25) is 0 Å². The van der Waals surface area contributed by atoms with Gasteiger partial charge in [0.25, 0.3) is 0 Å². The van der Waals surface area contributed by atoms with Crippen molar-refractivity contribution in [3.05, 3.63) is 5.82 Å². The van der Waals surface area contributed by atoms with Gasteiger partial charge in [0.15, 0.2) is 5.82 Å². The number of tetrazole rings is 1. The zero-order chi connectivity index (χ0) is 10.2. The van der Waals surface area contributed by atoms with Gasteiger partial charge in [-0.1, -0.05) is 6.92 Å². The van der Waals surface area contributed by atoms with Crippen LogP contribution in [0.5, 0.6) is 0 Å². The van der Waals surface area contributed by atoms with E-state index in [1.165, 1.54) is 19.3 Å². The summed E-state index contributed by atoms with van der Waals surface area (Å²) in [5, 5.41) is 11.7. The van der Waals surface area contributed by atoms with Gasteiger partial charge in [0.1, 0.15) is 0 Å². The Bertz CT molecular complexity index is 311. The SMILES string of the molecule is CCC1(n2nnnc2C(C)Cl)CCC1. The maximum absolute atomic E-state index is 6.03. The van der Waals surface area contributed by atoms with Crippen molar-refractivity contribution in [2.45, 2.75) is 50.4 Å². The summed E-state index contributed by atoms with van der Waals surface area (Å²) in [5.41, 5.74) is 0.155. The van der Waals surface area contributed by atoms with Gasteiger partial charge < -0.3 is 0 Å². The summed E-state index contributed by atoms with van der Waals surface area (Å²) >= 11 is 6.03. The van der Waals surface area contributed by atoms with Crippen molar-refractivity contribution < 1.29 is 0 Å². The second kappa shape index (κ2) is 3.50. The molecule has 1 unspecified atom stereocenters. The lowest BCUT2D eigenvalue weighted by Crippen LogP contribution is -2.42. The molecule has 0 saturated heterocycles. The molecule has 1 aromatic heterocycles. The van der Waals surface area contributed by atoms with Crippen LogP contribution in [-0.2, 0) is 5.54 Å². The van der Waals surface area contributed by atoms with Crippen molar-refractivity contribution >= 4 is 11.6 Å². The topological polar surface area (TPSA) is 43.6 Å². The van der Waals surface area contributed by atoms with Crippen LogP contribution in [0.1, 0.15) is 50.7 Å². The molecular formula is C9H15ClN4. The third-order valence-corrected chi connectivity index (χ3v) is 3.44. The molecule has 1 heterocycles. The van der Waals surface area contributed by atoms with Crippen LogP contribution >= 0.6 is 11.6 Å². The number of hydrogen-bond donors (Lipinski definition) is 0. The molecule has 1 fully saturated rings. The van der Waals surface area contributed by atoms with Gasteiger partial charge in [-0.15, -0.1) is 16.7 Å². The summed E-state index contributed by atoms with van der Waals surface area (Å²) in [6.45, 7) is 4.09. The average molecular weight is 215 g/mol. The van der Waals surface area contributed by atoms with Crippen molar-refractivity contribution in [2.75, 3.05) is 0 Å². The number of alkyl halides is 1. The first-order valence-electron chi connectivity index (χ1n) is 5.12. The highest BCUT2D eigenvalue weighted by Crippen LogP contribution is 2.42. The first-order valence-corrected chi connectivity index (χ1v) is 5.56. The van der Waals surface area contributed by atoms with Gasteiger partial charge in [-0.05, 0) is 43.0 Å². The van der Waals surface area contributed by atoms with Crippen LogP contribution in [0.3, 0.4) is 0 Å².